The minimum atomic E-state index is -0.0751. The second kappa shape index (κ2) is 5.16. The van der Waals surface area contributed by atoms with Crippen molar-refractivity contribution in [3.05, 3.63) is 59.4 Å². The van der Waals surface area contributed by atoms with Crippen LogP contribution in [-0.2, 0) is 6.42 Å². The second-order valence-corrected chi connectivity index (χ2v) is 5.49. The van der Waals surface area contributed by atoms with E-state index in [1.165, 1.54) is 0 Å². The molecule has 1 aliphatic carbocycles. The van der Waals surface area contributed by atoms with Gasteiger partial charge in [0.2, 0.25) is 0 Å². The molecule has 2 aromatic carbocycles. The molecular weight excluding hydrogens is 251 g/mol. The van der Waals surface area contributed by atoms with Crippen molar-refractivity contribution in [3.63, 3.8) is 0 Å². The first-order valence-corrected chi connectivity index (χ1v) is 6.96. The maximum Gasteiger partial charge on any atom is 0.126 e. The van der Waals surface area contributed by atoms with Gasteiger partial charge in [0.1, 0.15) is 5.82 Å². The lowest BCUT2D eigenvalue weighted by atomic mass is 10.1. The van der Waals surface area contributed by atoms with Gasteiger partial charge in [0.05, 0.1) is 6.04 Å². The predicted molar refractivity (Wildman–Crippen MR) is 81.9 cm³/mol. The quantitative estimate of drug-likeness (QED) is 0.907. The molecule has 0 saturated heterocycles. The molecule has 0 fully saturated rings. The SMILES string of the molecule is CN(C)c1cccc(NC2CCc3c(F)cccc32)c1. The molecule has 20 heavy (non-hydrogen) atoms. The molecule has 1 N–H and O–H groups in total. The summed E-state index contributed by atoms with van der Waals surface area (Å²) in [6.45, 7) is 0. The standard InChI is InChI=1S/C17H19FN2/c1-20(2)13-6-3-5-12(11-13)19-17-10-9-14-15(17)7-4-8-16(14)18/h3-8,11,17,19H,9-10H2,1-2H3. The number of hydrogen-bond acceptors (Lipinski definition) is 2. The summed E-state index contributed by atoms with van der Waals surface area (Å²) in [4.78, 5) is 2.08. The summed E-state index contributed by atoms with van der Waals surface area (Å²) in [6, 6.07) is 13.9. The van der Waals surface area contributed by atoms with Crippen LogP contribution in [0.4, 0.5) is 15.8 Å². The smallest absolute Gasteiger partial charge is 0.126 e. The molecule has 104 valence electrons. The van der Waals surface area contributed by atoms with Crippen LogP contribution in [0.5, 0.6) is 0 Å². The van der Waals surface area contributed by atoms with E-state index in [-0.39, 0.29) is 11.9 Å². The molecule has 0 amide bonds. The fraction of sp³-hybridized carbons (Fsp3) is 0.294. The van der Waals surface area contributed by atoms with E-state index in [4.69, 9.17) is 0 Å². The summed E-state index contributed by atoms with van der Waals surface area (Å²) >= 11 is 0. The topological polar surface area (TPSA) is 15.3 Å². The number of hydrogen-bond donors (Lipinski definition) is 1. The minimum absolute atomic E-state index is 0.0751. The fourth-order valence-electron chi connectivity index (χ4n) is 2.83. The lowest BCUT2D eigenvalue weighted by Gasteiger charge is -2.18. The Labute approximate surface area is 119 Å². The van der Waals surface area contributed by atoms with Gasteiger partial charge in [-0.1, -0.05) is 18.2 Å². The van der Waals surface area contributed by atoms with Gasteiger partial charge in [0.25, 0.3) is 0 Å². The molecule has 2 aromatic rings. The number of benzene rings is 2. The Hall–Kier alpha value is -2.03. The molecular formula is C17H19FN2. The highest BCUT2D eigenvalue weighted by molar-refractivity contribution is 5.58. The highest BCUT2D eigenvalue weighted by Crippen LogP contribution is 2.35. The van der Waals surface area contributed by atoms with Gasteiger partial charge in [-0.05, 0) is 48.2 Å². The summed E-state index contributed by atoms with van der Waals surface area (Å²) in [5, 5.41) is 3.53. The van der Waals surface area contributed by atoms with Crippen LogP contribution in [0.2, 0.25) is 0 Å². The third kappa shape index (κ3) is 2.36. The van der Waals surface area contributed by atoms with Crippen LogP contribution in [0.1, 0.15) is 23.6 Å². The molecule has 0 radical (unpaired) electrons. The van der Waals surface area contributed by atoms with Crippen LogP contribution >= 0.6 is 0 Å². The summed E-state index contributed by atoms with van der Waals surface area (Å²) in [5.41, 5.74) is 4.21. The van der Waals surface area contributed by atoms with E-state index in [2.05, 4.69) is 28.4 Å². The summed E-state index contributed by atoms with van der Waals surface area (Å²) in [6.07, 6.45) is 1.76. The molecule has 1 aliphatic rings. The van der Waals surface area contributed by atoms with Crippen LogP contribution in [0.3, 0.4) is 0 Å². The molecule has 0 spiro atoms. The van der Waals surface area contributed by atoms with Crippen molar-refractivity contribution in [1.82, 2.24) is 0 Å². The zero-order valence-corrected chi connectivity index (χ0v) is 11.9. The zero-order valence-electron chi connectivity index (χ0n) is 11.9. The Morgan fingerprint density at radius 1 is 1.15 bits per heavy atom. The first-order valence-electron chi connectivity index (χ1n) is 6.96. The monoisotopic (exact) mass is 270 g/mol. The molecule has 1 atom stereocenters. The lowest BCUT2D eigenvalue weighted by Crippen LogP contribution is -2.10. The first kappa shape index (κ1) is 13.0. The third-order valence-electron chi connectivity index (χ3n) is 3.92. The second-order valence-electron chi connectivity index (χ2n) is 5.49. The number of anilines is 2. The molecule has 3 rings (SSSR count). The van der Waals surface area contributed by atoms with E-state index in [0.717, 1.165) is 35.3 Å². The Morgan fingerprint density at radius 2 is 1.95 bits per heavy atom. The van der Waals surface area contributed by atoms with Crippen molar-refractivity contribution in [2.24, 2.45) is 0 Å². The van der Waals surface area contributed by atoms with Gasteiger partial charge in [0.15, 0.2) is 0 Å². The van der Waals surface area contributed by atoms with Gasteiger partial charge in [-0.15, -0.1) is 0 Å². The molecule has 0 saturated carbocycles. The predicted octanol–water partition coefficient (Wildman–Crippen LogP) is 3.99. The zero-order chi connectivity index (χ0) is 14.1. The molecule has 0 heterocycles. The van der Waals surface area contributed by atoms with Crippen molar-refractivity contribution < 1.29 is 4.39 Å². The summed E-state index contributed by atoms with van der Waals surface area (Å²) in [7, 11) is 4.05. The van der Waals surface area contributed by atoms with E-state index in [1.54, 1.807) is 12.1 Å². The average Bonchev–Trinajstić information content (AvgIpc) is 2.84. The van der Waals surface area contributed by atoms with Gasteiger partial charge in [-0.25, -0.2) is 4.39 Å². The largest absolute Gasteiger partial charge is 0.378 e. The van der Waals surface area contributed by atoms with Crippen molar-refractivity contribution in [2.75, 3.05) is 24.3 Å². The number of nitrogens with zero attached hydrogens (tertiary/aromatic N) is 1. The summed E-state index contributed by atoms with van der Waals surface area (Å²) < 4.78 is 13.7. The number of rotatable bonds is 3. The Bertz CT molecular complexity index is 622. The Balaban J connectivity index is 1.84. The van der Waals surface area contributed by atoms with Crippen molar-refractivity contribution in [2.45, 2.75) is 18.9 Å². The molecule has 0 aromatic heterocycles. The number of nitrogens with one attached hydrogen (secondary N) is 1. The van der Waals surface area contributed by atoms with E-state index >= 15 is 0 Å². The minimum Gasteiger partial charge on any atom is -0.378 e. The lowest BCUT2D eigenvalue weighted by molar-refractivity contribution is 0.612. The van der Waals surface area contributed by atoms with Crippen LogP contribution < -0.4 is 10.2 Å². The highest BCUT2D eigenvalue weighted by Gasteiger charge is 2.24. The molecule has 1 unspecified atom stereocenters. The maximum absolute atomic E-state index is 13.7. The van der Waals surface area contributed by atoms with Crippen LogP contribution in [0.25, 0.3) is 0 Å². The molecule has 0 aliphatic heterocycles. The Morgan fingerprint density at radius 3 is 2.75 bits per heavy atom. The van der Waals surface area contributed by atoms with Crippen molar-refractivity contribution >= 4 is 11.4 Å². The Kier molecular flexibility index (Phi) is 3.35. The maximum atomic E-state index is 13.7. The van der Waals surface area contributed by atoms with Gasteiger partial charge in [0, 0.05) is 25.5 Å². The van der Waals surface area contributed by atoms with E-state index < -0.39 is 0 Å². The van der Waals surface area contributed by atoms with Gasteiger partial charge in [-0.3, -0.25) is 0 Å². The van der Waals surface area contributed by atoms with Crippen LogP contribution in [-0.4, -0.2) is 14.1 Å². The summed E-state index contributed by atoms with van der Waals surface area (Å²) in [5.74, 6) is -0.0751. The number of halogens is 1. The van der Waals surface area contributed by atoms with E-state index in [9.17, 15) is 4.39 Å². The fourth-order valence-corrected chi connectivity index (χ4v) is 2.83. The third-order valence-corrected chi connectivity index (χ3v) is 3.92. The van der Waals surface area contributed by atoms with Gasteiger partial charge >= 0.3 is 0 Å². The number of fused-ring (bicyclic) bond motifs is 1. The van der Waals surface area contributed by atoms with Crippen molar-refractivity contribution in [1.29, 1.82) is 0 Å². The molecule has 2 nitrogen and oxygen atoms in total. The van der Waals surface area contributed by atoms with Crippen LogP contribution in [0.15, 0.2) is 42.5 Å². The van der Waals surface area contributed by atoms with E-state index in [0.29, 0.717) is 0 Å². The highest BCUT2D eigenvalue weighted by atomic mass is 19.1. The van der Waals surface area contributed by atoms with Crippen LogP contribution in [0, 0.1) is 5.82 Å². The van der Waals surface area contributed by atoms with E-state index in [1.807, 2.05) is 26.2 Å². The van der Waals surface area contributed by atoms with Crippen molar-refractivity contribution in [3.8, 4) is 0 Å². The van der Waals surface area contributed by atoms with Gasteiger partial charge < -0.3 is 10.2 Å². The first-order chi connectivity index (χ1) is 9.65. The normalized spacial score (nSPS) is 16.9. The van der Waals surface area contributed by atoms with Gasteiger partial charge in [-0.2, -0.15) is 0 Å². The average molecular weight is 270 g/mol. The molecule has 3 heteroatoms. The molecule has 0 bridgehead atoms.